The van der Waals surface area contributed by atoms with Crippen molar-refractivity contribution in [2.24, 2.45) is 5.10 Å². The molecule has 0 fully saturated rings. The largest absolute Gasteiger partial charge is 1.00 e. The van der Waals surface area contributed by atoms with Gasteiger partial charge in [-0.2, -0.15) is 9.44 Å². The molecular formula is C25H22K2N4O8S2. The summed E-state index contributed by atoms with van der Waals surface area (Å²) in [7, 11) is -4.72. The van der Waals surface area contributed by atoms with Crippen LogP contribution in [0.4, 0.5) is 0 Å². The Labute approximate surface area is 325 Å². The van der Waals surface area contributed by atoms with Crippen molar-refractivity contribution in [3.05, 3.63) is 99.0 Å². The summed E-state index contributed by atoms with van der Waals surface area (Å²) >= 11 is 0.736. The number of allylic oxidation sites excluding steroid dienone is 2. The summed E-state index contributed by atoms with van der Waals surface area (Å²) in [6.45, 7) is 3.35. The molecule has 1 aliphatic heterocycles. The van der Waals surface area contributed by atoms with Gasteiger partial charge in [0.2, 0.25) is 0 Å². The maximum Gasteiger partial charge on any atom is 1.00 e. The summed E-state index contributed by atoms with van der Waals surface area (Å²) in [5, 5.41) is 21.9. The molecule has 0 atom stereocenters. The van der Waals surface area contributed by atoms with Crippen molar-refractivity contribution in [2.45, 2.75) is 36.7 Å². The predicted octanol–water partition coefficient (Wildman–Crippen LogP) is -3.97. The Balaban J connectivity index is 0.00000294. The molecule has 4 rings (SSSR count). The van der Waals surface area contributed by atoms with Crippen LogP contribution < -0.4 is 114 Å². The van der Waals surface area contributed by atoms with E-state index in [2.05, 4.69) is 19.6 Å². The molecule has 1 amide bonds. The first kappa shape index (κ1) is 36.7. The number of H-pyrrole nitrogens is 1. The summed E-state index contributed by atoms with van der Waals surface area (Å²) < 4.78 is 40.5. The molecule has 2 aromatic carbocycles. The van der Waals surface area contributed by atoms with Gasteiger partial charge in [-0.3, -0.25) is 19.7 Å². The monoisotopic (exact) mass is 648 g/mol. The van der Waals surface area contributed by atoms with E-state index in [0.29, 0.717) is 21.9 Å². The molecule has 204 valence electrons. The van der Waals surface area contributed by atoms with Crippen LogP contribution in [0.2, 0.25) is 0 Å². The smallest absolute Gasteiger partial charge is 0.744 e. The van der Waals surface area contributed by atoms with Crippen molar-refractivity contribution in [3.63, 3.8) is 0 Å². The first-order valence-corrected chi connectivity index (χ1v) is 13.5. The van der Waals surface area contributed by atoms with Crippen LogP contribution in [0.5, 0.6) is 0 Å². The number of rotatable bonds is 10. The van der Waals surface area contributed by atoms with Crippen LogP contribution in [0.25, 0.3) is 6.08 Å². The summed E-state index contributed by atoms with van der Waals surface area (Å²) in [6.07, 6.45) is 4.63. The molecule has 1 aliphatic rings. The van der Waals surface area contributed by atoms with Gasteiger partial charge in [-0.25, -0.2) is 18.1 Å². The van der Waals surface area contributed by atoms with Crippen molar-refractivity contribution in [2.75, 3.05) is 0 Å². The second-order valence-electron chi connectivity index (χ2n) is 8.42. The molecule has 2 heterocycles. The Morgan fingerprint density at radius 2 is 1.68 bits per heavy atom. The Kier molecular flexibility index (Phi) is 14.8. The molecule has 0 bridgehead atoms. The average molecular weight is 649 g/mol. The quantitative estimate of drug-likeness (QED) is 0.0576. The number of amides is 1. The zero-order chi connectivity index (χ0) is 28.2. The molecule has 0 unspecified atom stereocenters. The Bertz CT molecular complexity index is 1670. The molecule has 0 spiro atoms. The van der Waals surface area contributed by atoms with Crippen molar-refractivity contribution >= 4 is 39.9 Å². The van der Waals surface area contributed by atoms with E-state index in [1.165, 1.54) is 29.0 Å². The van der Waals surface area contributed by atoms with E-state index >= 15 is 0 Å². The summed E-state index contributed by atoms with van der Waals surface area (Å²) in [6, 6.07) is 12.7. The fourth-order valence-corrected chi connectivity index (χ4v) is 5.19. The first-order chi connectivity index (χ1) is 18.6. The van der Waals surface area contributed by atoms with Gasteiger partial charge in [0.1, 0.15) is 10.1 Å². The first-order valence-electron chi connectivity index (χ1n) is 11.4. The molecule has 0 saturated heterocycles. The number of aromatic nitrogens is 2. The number of hydrazone groups is 1. The zero-order valence-electron chi connectivity index (χ0n) is 22.7. The number of benzene rings is 2. The summed E-state index contributed by atoms with van der Waals surface area (Å²) in [5.41, 5.74) is 2.20. The normalized spacial score (nSPS) is 14.3. The van der Waals surface area contributed by atoms with Gasteiger partial charge in [0.05, 0.1) is 46.9 Å². The second-order valence-corrected chi connectivity index (χ2v) is 10.5. The van der Waals surface area contributed by atoms with E-state index in [9.17, 15) is 27.8 Å². The van der Waals surface area contributed by atoms with E-state index in [0.717, 1.165) is 22.6 Å². The fraction of sp³-hybridized carbons (Fsp3) is 0.160. The topological polar surface area (TPSA) is 169 Å². The third-order valence-electron chi connectivity index (χ3n) is 5.85. The number of hydrogen-bond donors (Lipinski definition) is 1. The maximum absolute atomic E-state index is 13.0. The molecular weight excluding hydrogens is 627 g/mol. The van der Waals surface area contributed by atoms with Crippen LogP contribution in [0.1, 0.15) is 29.3 Å². The van der Waals surface area contributed by atoms with Crippen molar-refractivity contribution < 1.29 is 135 Å². The summed E-state index contributed by atoms with van der Waals surface area (Å²) in [5.74, 6) is -0.475. The SMILES string of the molecule is CC1=NN(Cc2ccccc2S(=O)(=O)[O-])C(=O)/C1=C/C=C/c1c(C)[nH]n(Cc2ccccc2SOO[O-])c1=O.[K+].[K+]. The van der Waals surface area contributed by atoms with Crippen LogP contribution in [-0.4, -0.2) is 39.4 Å². The van der Waals surface area contributed by atoms with Crippen LogP contribution in [0.3, 0.4) is 0 Å². The van der Waals surface area contributed by atoms with Crippen molar-refractivity contribution in [1.82, 2.24) is 14.8 Å². The number of carbonyl (C=O) groups excluding carboxylic acids is 1. The van der Waals surface area contributed by atoms with Gasteiger partial charge in [0, 0.05) is 10.6 Å². The fourth-order valence-electron chi connectivity index (χ4n) is 4.02. The Morgan fingerprint density at radius 3 is 2.37 bits per heavy atom. The van der Waals surface area contributed by atoms with Crippen LogP contribution >= 0.6 is 12.0 Å². The van der Waals surface area contributed by atoms with E-state index < -0.39 is 20.9 Å². The third-order valence-corrected chi connectivity index (χ3v) is 7.49. The van der Waals surface area contributed by atoms with Crippen molar-refractivity contribution in [1.29, 1.82) is 0 Å². The Morgan fingerprint density at radius 1 is 1.02 bits per heavy atom. The molecule has 0 aliphatic carbocycles. The van der Waals surface area contributed by atoms with Gasteiger partial charge in [-0.15, -0.1) is 0 Å². The van der Waals surface area contributed by atoms with Crippen LogP contribution in [0.15, 0.2) is 85.9 Å². The minimum absolute atomic E-state index is 0. The predicted molar refractivity (Wildman–Crippen MR) is 139 cm³/mol. The standard InChI is InChI=1S/C25H24N4O8S2.2K/c1-16-20(24(30)28(26-16)14-18-8-3-5-12-22(18)38-37-36-32)10-7-11-21-17(2)27-29(25(21)31)15-19-9-4-6-13-23(19)39(33,34)35;;/h3-13,26,32H,14-15H2,1-2H3,(H,33,34,35);;/q;2*+1/p-2/b10-7+,21-11+;;. The van der Waals surface area contributed by atoms with E-state index in [1.54, 1.807) is 56.3 Å². The molecule has 12 nitrogen and oxygen atoms in total. The molecule has 16 heteroatoms. The number of nitrogens with one attached hydrogen (secondary N) is 1. The minimum atomic E-state index is -4.72. The zero-order valence-corrected chi connectivity index (χ0v) is 30.6. The summed E-state index contributed by atoms with van der Waals surface area (Å²) in [4.78, 5) is 26.2. The maximum atomic E-state index is 13.0. The van der Waals surface area contributed by atoms with Gasteiger partial charge >= 0.3 is 103 Å². The third kappa shape index (κ3) is 9.24. The van der Waals surface area contributed by atoms with Crippen molar-refractivity contribution in [3.8, 4) is 0 Å². The average Bonchev–Trinajstić information content (AvgIpc) is 3.31. The number of aryl methyl sites for hydroxylation is 1. The van der Waals surface area contributed by atoms with Gasteiger partial charge < -0.3 is 9.81 Å². The molecule has 1 N–H and O–H groups in total. The second kappa shape index (κ2) is 16.5. The molecule has 41 heavy (non-hydrogen) atoms. The van der Waals surface area contributed by atoms with E-state index in [4.69, 9.17) is 0 Å². The van der Waals surface area contributed by atoms with Gasteiger partial charge in [-0.1, -0.05) is 42.5 Å². The number of nitrogens with zero attached hydrogens (tertiary/aromatic N) is 3. The minimum Gasteiger partial charge on any atom is -0.744 e. The van der Waals surface area contributed by atoms with Gasteiger partial charge in [0.15, 0.2) is 0 Å². The number of hydrogen-bond acceptors (Lipinski definition) is 10. The molecule has 0 saturated carbocycles. The van der Waals surface area contributed by atoms with E-state index in [-0.39, 0.29) is 133 Å². The van der Waals surface area contributed by atoms with Crippen LogP contribution in [0, 0.1) is 6.92 Å². The van der Waals surface area contributed by atoms with Gasteiger partial charge in [-0.05, 0) is 49.3 Å². The number of carbonyl (C=O) groups is 1. The molecule has 0 radical (unpaired) electrons. The molecule has 3 aromatic rings. The van der Waals surface area contributed by atoms with E-state index in [1.807, 2.05) is 0 Å². The molecule has 1 aromatic heterocycles. The number of aromatic amines is 1. The van der Waals surface area contributed by atoms with Gasteiger partial charge in [0.25, 0.3) is 11.5 Å². The van der Waals surface area contributed by atoms with Crippen LogP contribution in [-0.2, 0) is 37.4 Å². The Hall–Kier alpha value is -0.517.